The Balaban J connectivity index is 2.30. The number of nitrogens with zero attached hydrogens (tertiary/aromatic N) is 1. The van der Waals surface area contributed by atoms with Gasteiger partial charge in [0.05, 0.1) is 6.61 Å². The number of rotatable bonds is 1. The summed E-state index contributed by atoms with van der Waals surface area (Å²) in [6.45, 7) is 1.96. The minimum Gasteiger partial charge on any atom is -0.363 e. The molecule has 2 aliphatic rings. The number of hydrogen-bond donors (Lipinski definition) is 0. The molecule has 0 amide bonds. The van der Waals surface area contributed by atoms with Gasteiger partial charge < -0.3 is 9.53 Å². The molecule has 0 aromatic heterocycles. The van der Waals surface area contributed by atoms with E-state index >= 15 is 0 Å². The molecule has 0 aromatic rings. The summed E-state index contributed by atoms with van der Waals surface area (Å²) in [7, 11) is 0. The van der Waals surface area contributed by atoms with Crippen LogP contribution in [0.15, 0.2) is 12.2 Å². The minimum atomic E-state index is -0.403. The molecule has 2 aliphatic heterocycles. The van der Waals surface area contributed by atoms with Crippen LogP contribution in [0.3, 0.4) is 0 Å². The summed E-state index contributed by atoms with van der Waals surface area (Å²) in [5, 5.41) is 0. The van der Waals surface area contributed by atoms with E-state index in [9.17, 15) is 4.79 Å². The van der Waals surface area contributed by atoms with Gasteiger partial charge in [-0.05, 0) is 0 Å². The van der Waals surface area contributed by atoms with Gasteiger partial charge in [-0.25, -0.2) is 0 Å². The fraction of sp³-hybridized carbons (Fsp3) is 0.571. The second-order valence-electron chi connectivity index (χ2n) is 2.71. The first-order valence-electron chi connectivity index (χ1n) is 3.34. The molecule has 0 saturated carbocycles. The van der Waals surface area contributed by atoms with Crippen molar-refractivity contribution in [3.05, 3.63) is 12.2 Å². The van der Waals surface area contributed by atoms with E-state index in [4.69, 9.17) is 4.74 Å². The van der Waals surface area contributed by atoms with Crippen LogP contribution >= 0.6 is 0 Å². The maximum atomic E-state index is 10.6. The first-order valence-corrected chi connectivity index (χ1v) is 3.34. The number of fused-ring (bicyclic) bond motifs is 1. The van der Waals surface area contributed by atoms with Gasteiger partial charge in [0.2, 0.25) is 0 Å². The number of ether oxygens (including phenoxy) is 1. The van der Waals surface area contributed by atoms with Crippen molar-refractivity contribution in [2.75, 3.05) is 19.9 Å². The van der Waals surface area contributed by atoms with Crippen molar-refractivity contribution < 1.29 is 9.53 Å². The van der Waals surface area contributed by atoms with Crippen molar-refractivity contribution in [2.24, 2.45) is 0 Å². The van der Waals surface area contributed by atoms with Gasteiger partial charge in [0.15, 0.2) is 0 Å². The Hall–Kier alpha value is -0.670. The summed E-state index contributed by atoms with van der Waals surface area (Å²) in [6.07, 6.45) is 4.90. The normalized spacial score (nSPS) is 38.4. The molecule has 54 valence electrons. The molecule has 3 heteroatoms. The minimum absolute atomic E-state index is 0.403. The topological polar surface area (TPSA) is 29.5 Å². The first kappa shape index (κ1) is 6.07. The molecule has 0 N–H and O–H groups in total. The molecule has 0 aliphatic carbocycles. The molecule has 3 nitrogen and oxygen atoms in total. The van der Waals surface area contributed by atoms with Gasteiger partial charge in [0, 0.05) is 6.54 Å². The van der Waals surface area contributed by atoms with Crippen LogP contribution in [-0.2, 0) is 9.53 Å². The van der Waals surface area contributed by atoms with Crippen LogP contribution in [0.25, 0.3) is 0 Å². The van der Waals surface area contributed by atoms with E-state index in [1.807, 2.05) is 17.1 Å². The molecule has 1 saturated heterocycles. The average molecular weight is 139 g/mol. The van der Waals surface area contributed by atoms with Crippen LogP contribution in [0.1, 0.15) is 0 Å². The Bertz CT molecular complexity index is 190. The quantitative estimate of drug-likeness (QED) is 0.371. The van der Waals surface area contributed by atoms with Crippen LogP contribution in [0.2, 0.25) is 0 Å². The lowest BCUT2D eigenvalue weighted by molar-refractivity contribution is -0.113. The van der Waals surface area contributed by atoms with Crippen molar-refractivity contribution in [1.82, 2.24) is 4.90 Å². The predicted octanol–water partition coefficient (Wildman–Crippen LogP) is -0.216. The van der Waals surface area contributed by atoms with Crippen molar-refractivity contribution in [1.29, 1.82) is 0 Å². The lowest BCUT2D eigenvalue weighted by atomic mass is 10.1. The molecule has 2 heterocycles. The third-order valence-electron chi connectivity index (χ3n) is 2.11. The van der Waals surface area contributed by atoms with Crippen LogP contribution in [0, 0.1) is 0 Å². The lowest BCUT2D eigenvalue weighted by Gasteiger charge is -2.21. The highest BCUT2D eigenvalue weighted by atomic mass is 16.5. The fourth-order valence-corrected chi connectivity index (χ4v) is 1.44. The molecular weight excluding hydrogens is 130 g/mol. The smallest absolute Gasteiger partial charge is 0.146 e. The lowest BCUT2D eigenvalue weighted by Crippen LogP contribution is -2.41. The zero-order chi connectivity index (χ0) is 7.03. The van der Waals surface area contributed by atoms with E-state index in [1.54, 1.807) is 0 Å². The zero-order valence-corrected chi connectivity index (χ0v) is 5.62. The van der Waals surface area contributed by atoms with E-state index in [0.29, 0.717) is 13.3 Å². The molecule has 1 atom stereocenters. The van der Waals surface area contributed by atoms with Gasteiger partial charge in [0.25, 0.3) is 0 Å². The van der Waals surface area contributed by atoms with E-state index in [0.717, 1.165) is 12.8 Å². The number of aldehydes is 1. The van der Waals surface area contributed by atoms with Gasteiger partial charge in [-0.2, -0.15) is 0 Å². The Morgan fingerprint density at radius 3 is 3.30 bits per heavy atom. The van der Waals surface area contributed by atoms with Gasteiger partial charge in [-0.3, -0.25) is 4.90 Å². The van der Waals surface area contributed by atoms with Gasteiger partial charge in [-0.15, -0.1) is 0 Å². The SMILES string of the molecule is O=CC12C=CCN1COC2. The fourth-order valence-electron chi connectivity index (χ4n) is 1.44. The summed E-state index contributed by atoms with van der Waals surface area (Å²) in [5.41, 5.74) is -0.403. The third-order valence-corrected chi connectivity index (χ3v) is 2.11. The standard InChI is InChI=1S/C7H9NO2/c9-4-7-2-1-3-8(7)6-10-5-7/h1-2,4H,3,5-6H2. The van der Waals surface area contributed by atoms with Crippen LogP contribution in [-0.4, -0.2) is 36.6 Å². The Morgan fingerprint density at radius 2 is 2.60 bits per heavy atom. The van der Waals surface area contributed by atoms with E-state index in [-0.39, 0.29) is 0 Å². The second kappa shape index (κ2) is 1.90. The van der Waals surface area contributed by atoms with E-state index in [1.165, 1.54) is 0 Å². The molecule has 0 spiro atoms. The number of hydrogen-bond acceptors (Lipinski definition) is 3. The Kier molecular flexibility index (Phi) is 1.16. The molecular formula is C7H9NO2. The van der Waals surface area contributed by atoms with E-state index < -0.39 is 5.54 Å². The highest BCUT2D eigenvalue weighted by Crippen LogP contribution is 2.26. The van der Waals surface area contributed by atoms with Crippen LogP contribution in [0.4, 0.5) is 0 Å². The van der Waals surface area contributed by atoms with Crippen LogP contribution in [0.5, 0.6) is 0 Å². The van der Waals surface area contributed by atoms with Crippen LogP contribution < -0.4 is 0 Å². The number of carbonyl (C=O) groups excluding carboxylic acids is 1. The highest BCUT2D eigenvalue weighted by Gasteiger charge is 2.41. The highest BCUT2D eigenvalue weighted by molar-refractivity contribution is 5.69. The second-order valence-corrected chi connectivity index (χ2v) is 2.71. The van der Waals surface area contributed by atoms with Crippen molar-refractivity contribution in [2.45, 2.75) is 5.54 Å². The molecule has 0 aromatic carbocycles. The largest absolute Gasteiger partial charge is 0.363 e. The molecule has 2 rings (SSSR count). The Morgan fingerprint density at radius 1 is 1.70 bits per heavy atom. The maximum absolute atomic E-state index is 10.6. The molecule has 1 unspecified atom stereocenters. The summed E-state index contributed by atoms with van der Waals surface area (Å²) in [6, 6.07) is 0. The summed E-state index contributed by atoms with van der Waals surface area (Å²) >= 11 is 0. The molecule has 10 heavy (non-hydrogen) atoms. The monoisotopic (exact) mass is 139 g/mol. The van der Waals surface area contributed by atoms with Crippen molar-refractivity contribution >= 4 is 6.29 Å². The summed E-state index contributed by atoms with van der Waals surface area (Å²) in [5.74, 6) is 0. The molecule has 0 radical (unpaired) electrons. The first-order chi connectivity index (χ1) is 4.87. The van der Waals surface area contributed by atoms with Crippen molar-refractivity contribution in [3.63, 3.8) is 0 Å². The average Bonchev–Trinajstić information content (AvgIpc) is 2.42. The predicted molar refractivity (Wildman–Crippen MR) is 35.5 cm³/mol. The molecule has 1 fully saturated rings. The van der Waals surface area contributed by atoms with Gasteiger partial charge in [-0.1, -0.05) is 12.2 Å². The summed E-state index contributed by atoms with van der Waals surface area (Å²) in [4.78, 5) is 12.7. The van der Waals surface area contributed by atoms with Gasteiger partial charge in [0.1, 0.15) is 18.6 Å². The van der Waals surface area contributed by atoms with Crippen molar-refractivity contribution in [3.8, 4) is 0 Å². The zero-order valence-electron chi connectivity index (χ0n) is 5.62. The van der Waals surface area contributed by atoms with E-state index in [2.05, 4.69) is 0 Å². The van der Waals surface area contributed by atoms with Gasteiger partial charge >= 0.3 is 0 Å². The Labute approximate surface area is 59.3 Å². The number of carbonyl (C=O) groups is 1. The third kappa shape index (κ3) is 0.589. The maximum Gasteiger partial charge on any atom is 0.146 e. The molecule has 0 bridgehead atoms. The summed E-state index contributed by atoms with van der Waals surface area (Å²) < 4.78 is 5.15.